The van der Waals surface area contributed by atoms with E-state index >= 15 is 0 Å². The van der Waals surface area contributed by atoms with E-state index in [1.165, 1.54) is 74.7 Å². The number of rotatable bonds is 6. The van der Waals surface area contributed by atoms with E-state index < -0.39 is 36.1 Å². The van der Waals surface area contributed by atoms with Crippen LogP contribution in [0.3, 0.4) is 0 Å². The maximum absolute atomic E-state index is 11.9. The van der Waals surface area contributed by atoms with Crippen LogP contribution in [0.4, 0.5) is 9.59 Å². The van der Waals surface area contributed by atoms with Crippen LogP contribution in [-0.4, -0.2) is 68.7 Å². The highest BCUT2D eigenvalue weighted by Crippen LogP contribution is 2.93. The van der Waals surface area contributed by atoms with Gasteiger partial charge in [-0.3, -0.25) is 9.69 Å². The van der Waals surface area contributed by atoms with E-state index in [9.17, 15) is 14.4 Å². The van der Waals surface area contributed by atoms with Gasteiger partial charge < -0.3 is 19.3 Å². The van der Waals surface area contributed by atoms with E-state index in [1.54, 1.807) is 47.6 Å². The van der Waals surface area contributed by atoms with Gasteiger partial charge in [-0.1, -0.05) is 0 Å². The van der Waals surface area contributed by atoms with Crippen molar-refractivity contribution in [2.45, 2.75) is 117 Å². The van der Waals surface area contributed by atoms with Crippen molar-refractivity contribution in [3.63, 3.8) is 0 Å². The average molecular weight is 630 g/mol. The van der Waals surface area contributed by atoms with Crippen LogP contribution in [0.1, 0.15) is 111 Å². The first-order valence-corrected chi connectivity index (χ1v) is 16.3. The van der Waals surface area contributed by atoms with Gasteiger partial charge in [0.25, 0.3) is 0 Å². The number of amides is 1. The largest absolute Gasteiger partial charge is 0.477 e. The van der Waals surface area contributed by atoms with Crippen molar-refractivity contribution < 1.29 is 39.2 Å². The smallest absolute Gasteiger partial charge is 0.435 e. The van der Waals surface area contributed by atoms with Crippen LogP contribution >= 0.6 is 0 Å². The van der Waals surface area contributed by atoms with Gasteiger partial charge >= 0.3 is 12.2 Å². The van der Waals surface area contributed by atoms with Crippen molar-refractivity contribution >= 4 is 18.0 Å². The Labute approximate surface area is 272 Å². The first-order valence-electron chi connectivity index (χ1n) is 18.3. The Morgan fingerprint density at radius 2 is 1.38 bits per heavy atom. The van der Waals surface area contributed by atoms with Crippen LogP contribution < -0.4 is 4.74 Å². The minimum Gasteiger partial charge on any atom is -0.477 e. The summed E-state index contributed by atoms with van der Waals surface area (Å²) >= 11 is 0. The highest BCUT2D eigenvalue weighted by atomic mass is 16.6. The first kappa shape index (κ1) is 27.3. The van der Waals surface area contributed by atoms with Crippen molar-refractivity contribution in [2.24, 2.45) is 33.5 Å². The SMILES string of the molecule is CC(C)(C)OC(=O)N1C=CC(=O)C1.[2H]C([2H])(CO)C1C2(CC2)C12CC2.[2H]C([2H])(COc1ccn(C(=O)OC(C)(C)C)n1)C1C2(CC2)C12CC2. The summed E-state index contributed by atoms with van der Waals surface area (Å²) in [4.78, 5) is 35.3. The monoisotopic (exact) mass is 629 g/mol. The predicted molar refractivity (Wildman–Crippen MR) is 166 cm³/mol. The van der Waals surface area contributed by atoms with Gasteiger partial charge in [-0.2, -0.15) is 4.68 Å². The molecule has 0 radical (unpaired) electrons. The maximum Gasteiger partial charge on any atom is 0.435 e. The van der Waals surface area contributed by atoms with Crippen LogP contribution in [-0.2, 0) is 14.3 Å². The Balaban J connectivity index is 0.000000140. The molecule has 8 rings (SSSR count). The second kappa shape index (κ2) is 10.8. The molecule has 2 heterocycles. The molecular formula is C35H51N3O7. The number of hydrogen-bond acceptors (Lipinski definition) is 8. The second-order valence-electron chi connectivity index (χ2n) is 15.8. The number of fused-ring (bicyclic) bond motifs is 2. The maximum atomic E-state index is 11.9. The Kier molecular flexibility index (Phi) is 6.57. The highest BCUT2D eigenvalue weighted by molar-refractivity contribution is 5.96. The van der Waals surface area contributed by atoms with Gasteiger partial charge in [0.1, 0.15) is 11.2 Å². The van der Waals surface area contributed by atoms with Gasteiger partial charge in [0.2, 0.25) is 5.88 Å². The lowest BCUT2D eigenvalue weighted by molar-refractivity contribution is -0.114. The summed E-state index contributed by atoms with van der Waals surface area (Å²) < 4.78 is 49.1. The molecule has 4 spiro atoms. The Morgan fingerprint density at radius 1 is 0.889 bits per heavy atom. The van der Waals surface area contributed by atoms with Crippen LogP contribution in [0.2, 0.25) is 0 Å². The van der Waals surface area contributed by atoms with E-state index in [-0.39, 0.29) is 54.1 Å². The molecule has 6 fully saturated rings. The van der Waals surface area contributed by atoms with Gasteiger partial charge in [0.05, 0.1) is 13.2 Å². The van der Waals surface area contributed by atoms with E-state index in [0.29, 0.717) is 10.8 Å². The van der Waals surface area contributed by atoms with Gasteiger partial charge in [-0.25, -0.2) is 9.59 Å². The van der Waals surface area contributed by atoms with E-state index in [4.69, 9.17) is 24.8 Å². The molecule has 0 bridgehead atoms. The quantitative estimate of drug-likeness (QED) is 0.379. The summed E-state index contributed by atoms with van der Waals surface area (Å²) in [5, 5.41) is 13.0. The normalized spacial score (nSPS) is 27.7. The number of ether oxygens (including phenoxy) is 3. The molecule has 10 heteroatoms. The zero-order chi connectivity index (χ0) is 36.1. The molecule has 248 valence electrons. The molecule has 7 aliphatic rings. The number of ketones is 1. The van der Waals surface area contributed by atoms with E-state index in [1.807, 2.05) is 0 Å². The van der Waals surface area contributed by atoms with Crippen molar-refractivity contribution in [3.8, 4) is 5.88 Å². The zero-order valence-electron chi connectivity index (χ0n) is 31.5. The van der Waals surface area contributed by atoms with Crippen molar-refractivity contribution in [2.75, 3.05) is 19.8 Å². The molecule has 0 saturated heterocycles. The number of aliphatic hydroxyl groups is 1. The standard InChI is InChI=1S/C17H24N2O3.C9H13NO3.C9H14O/c1-15(2,3)22-14(20)19-10-4-13(18-19)21-11-5-12-16(6-7-16)17(12)8-9-17;1-9(2,3)13-8(12)10-5-4-7(11)6-10;10-6-1-7-8(2-3-8)9(7)4-5-9/h4,10,12H,5-9,11H2,1-3H3;4-5H,6H2,1-3H3;7,10H,1-6H2/i5D2;;1D2. The predicted octanol–water partition coefficient (Wildman–Crippen LogP) is 6.50. The summed E-state index contributed by atoms with van der Waals surface area (Å²) in [7, 11) is 0. The molecular weight excluding hydrogens is 574 g/mol. The summed E-state index contributed by atoms with van der Waals surface area (Å²) in [5.74, 6) is 0.499. The van der Waals surface area contributed by atoms with Gasteiger partial charge in [0, 0.05) is 30.6 Å². The van der Waals surface area contributed by atoms with E-state index in [0.717, 1.165) is 4.68 Å². The third-order valence-electron chi connectivity index (χ3n) is 10.5. The number of aromatic nitrogens is 2. The first-order chi connectivity index (χ1) is 22.6. The van der Waals surface area contributed by atoms with Crippen molar-refractivity contribution in [3.05, 3.63) is 24.5 Å². The number of carbonyl (C=O) groups excluding carboxylic acids is 3. The number of carbonyl (C=O) groups is 3. The molecule has 0 aromatic carbocycles. The van der Waals surface area contributed by atoms with Crippen molar-refractivity contribution in [1.29, 1.82) is 0 Å². The lowest BCUT2D eigenvalue weighted by atomic mass is 10.2. The highest BCUT2D eigenvalue weighted by Gasteiger charge is 2.86. The fourth-order valence-corrected chi connectivity index (χ4v) is 7.92. The molecule has 1 amide bonds. The number of aliphatic hydroxyl groups excluding tert-OH is 1. The lowest BCUT2D eigenvalue weighted by Crippen LogP contribution is -2.33. The topological polar surface area (TPSA) is 120 Å². The molecule has 0 atom stereocenters. The molecule has 1 aliphatic heterocycles. The fourth-order valence-electron chi connectivity index (χ4n) is 7.92. The van der Waals surface area contributed by atoms with E-state index in [2.05, 4.69) is 5.10 Å². The van der Waals surface area contributed by atoms with Gasteiger partial charge in [-0.15, -0.1) is 5.10 Å². The molecule has 0 unspecified atom stereocenters. The van der Waals surface area contributed by atoms with Gasteiger partial charge in [0.15, 0.2) is 5.78 Å². The minimum atomic E-state index is -1.34. The third kappa shape index (κ3) is 6.28. The second-order valence-corrected chi connectivity index (χ2v) is 15.8. The summed E-state index contributed by atoms with van der Waals surface area (Å²) in [6, 6.07) is 1.56. The Morgan fingerprint density at radius 3 is 1.80 bits per heavy atom. The average Bonchev–Trinajstić information content (AvgIpc) is 3.71. The Bertz CT molecular complexity index is 1490. The molecule has 10 nitrogen and oxygen atoms in total. The zero-order valence-corrected chi connectivity index (χ0v) is 27.5. The number of hydrogen-bond donors (Lipinski definition) is 1. The number of nitrogens with zero attached hydrogens (tertiary/aromatic N) is 3. The summed E-state index contributed by atoms with van der Waals surface area (Å²) in [5.41, 5.74) is 0.213. The minimum absolute atomic E-state index is 0.0213. The third-order valence-corrected chi connectivity index (χ3v) is 10.5. The molecule has 1 N–H and O–H groups in total. The van der Waals surface area contributed by atoms with Crippen molar-refractivity contribution in [1.82, 2.24) is 14.7 Å². The van der Waals surface area contributed by atoms with Crippen LogP contribution in [0.25, 0.3) is 0 Å². The Hall–Kier alpha value is -2.88. The van der Waals surface area contributed by atoms with Gasteiger partial charge in [-0.05, 0) is 145 Å². The summed E-state index contributed by atoms with van der Waals surface area (Å²) in [6.45, 7) is 10.5. The molecule has 6 saturated carbocycles. The fraction of sp³-hybridized carbons (Fsp3) is 0.771. The van der Waals surface area contributed by atoms with Crippen LogP contribution in [0.5, 0.6) is 5.88 Å². The lowest BCUT2D eigenvalue weighted by Gasteiger charge is -2.22. The molecule has 1 aromatic heterocycles. The molecule has 1 aromatic rings. The molecule has 6 aliphatic carbocycles. The van der Waals surface area contributed by atoms with Crippen LogP contribution in [0, 0.1) is 33.5 Å². The molecule has 45 heavy (non-hydrogen) atoms. The van der Waals surface area contributed by atoms with Crippen LogP contribution in [0.15, 0.2) is 24.5 Å². The summed E-state index contributed by atoms with van der Waals surface area (Å²) in [6.07, 6.45) is 10.1.